The predicted molar refractivity (Wildman–Crippen MR) is 125 cm³/mol. The first-order valence-corrected chi connectivity index (χ1v) is 10.2. The van der Waals surface area contributed by atoms with E-state index in [4.69, 9.17) is 9.47 Å². The lowest BCUT2D eigenvalue weighted by Crippen LogP contribution is -2.29. The first-order valence-electron chi connectivity index (χ1n) is 10.2. The van der Waals surface area contributed by atoms with Gasteiger partial charge >= 0.3 is 6.03 Å². The number of hydrogen-bond acceptors (Lipinski definition) is 6. The van der Waals surface area contributed by atoms with Crippen LogP contribution in [0.5, 0.6) is 11.5 Å². The molecule has 1 heterocycles. The van der Waals surface area contributed by atoms with Crippen LogP contribution in [-0.2, 0) is 11.3 Å². The summed E-state index contributed by atoms with van der Waals surface area (Å²) in [6.45, 7) is 0.172. The summed E-state index contributed by atoms with van der Waals surface area (Å²) >= 11 is 0. The molecule has 1 aliphatic rings. The third-order valence-corrected chi connectivity index (χ3v) is 5.18. The summed E-state index contributed by atoms with van der Waals surface area (Å²) < 4.78 is 23.9. The maximum Gasteiger partial charge on any atom is 0.323 e. The standard InChI is InChI=1S/C24H21FN4O5/c1-33-18-8-14(9-19(12-18)34-2)13-29-21-7-6-17(11-20(21)22(28-32)23(29)30)27-24(31)26-16-5-3-4-15(25)10-16/h3-12,32H,13H2,1-2H3,(H2,26,27,31)/b28-22-. The Morgan fingerprint density at radius 3 is 2.29 bits per heavy atom. The fourth-order valence-electron chi connectivity index (χ4n) is 3.64. The SMILES string of the molecule is COc1cc(CN2C(=O)/C(=N\O)c3cc(NC(=O)Nc4cccc(F)c4)ccc32)cc(OC)c1. The van der Waals surface area contributed by atoms with Crippen molar-refractivity contribution in [2.45, 2.75) is 6.54 Å². The lowest BCUT2D eigenvalue weighted by molar-refractivity contribution is -0.112. The van der Waals surface area contributed by atoms with E-state index in [2.05, 4.69) is 15.8 Å². The van der Waals surface area contributed by atoms with E-state index >= 15 is 0 Å². The summed E-state index contributed by atoms with van der Waals surface area (Å²) in [6, 6.07) is 14.9. The van der Waals surface area contributed by atoms with E-state index < -0.39 is 17.8 Å². The van der Waals surface area contributed by atoms with Crippen LogP contribution in [0.15, 0.2) is 65.8 Å². The average Bonchev–Trinajstić information content (AvgIpc) is 3.08. The summed E-state index contributed by atoms with van der Waals surface area (Å²) in [5, 5.41) is 17.8. The molecule has 3 aromatic rings. The van der Waals surface area contributed by atoms with Crippen molar-refractivity contribution >= 4 is 34.7 Å². The number of fused-ring (bicyclic) bond motifs is 1. The van der Waals surface area contributed by atoms with Crippen molar-refractivity contribution in [2.75, 3.05) is 29.8 Å². The zero-order valence-corrected chi connectivity index (χ0v) is 18.3. The third-order valence-electron chi connectivity index (χ3n) is 5.18. The van der Waals surface area contributed by atoms with Gasteiger partial charge in [0.2, 0.25) is 0 Å². The lowest BCUT2D eigenvalue weighted by atomic mass is 10.1. The second-order valence-electron chi connectivity index (χ2n) is 7.38. The van der Waals surface area contributed by atoms with Gasteiger partial charge in [0.25, 0.3) is 5.91 Å². The summed E-state index contributed by atoms with van der Waals surface area (Å²) in [5.74, 6) is 0.161. The van der Waals surface area contributed by atoms with Crippen LogP contribution in [0, 0.1) is 5.82 Å². The van der Waals surface area contributed by atoms with Crippen LogP contribution in [0.2, 0.25) is 0 Å². The van der Waals surface area contributed by atoms with Crippen molar-refractivity contribution in [2.24, 2.45) is 5.16 Å². The lowest BCUT2D eigenvalue weighted by Gasteiger charge is -2.18. The Labute approximate surface area is 194 Å². The molecule has 9 nitrogen and oxygen atoms in total. The Kier molecular flexibility index (Phi) is 6.30. The molecule has 0 bridgehead atoms. The second-order valence-corrected chi connectivity index (χ2v) is 7.38. The van der Waals surface area contributed by atoms with Crippen LogP contribution in [0.4, 0.5) is 26.2 Å². The molecule has 1 aliphatic heterocycles. The molecule has 0 aliphatic carbocycles. The van der Waals surface area contributed by atoms with Crippen molar-refractivity contribution in [3.8, 4) is 11.5 Å². The summed E-state index contributed by atoms with van der Waals surface area (Å²) in [6.07, 6.45) is 0. The van der Waals surface area contributed by atoms with Crippen molar-refractivity contribution in [1.29, 1.82) is 0 Å². The zero-order chi connectivity index (χ0) is 24.2. The van der Waals surface area contributed by atoms with Crippen molar-refractivity contribution in [3.05, 3.63) is 77.6 Å². The molecule has 0 saturated carbocycles. The molecule has 10 heteroatoms. The molecule has 3 N–H and O–H groups in total. The predicted octanol–water partition coefficient (Wildman–Crippen LogP) is 4.21. The summed E-state index contributed by atoms with van der Waals surface area (Å²) in [4.78, 5) is 26.7. The number of urea groups is 1. The van der Waals surface area contributed by atoms with Crippen LogP contribution >= 0.6 is 0 Å². The van der Waals surface area contributed by atoms with Crippen LogP contribution in [0.25, 0.3) is 0 Å². The highest BCUT2D eigenvalue weighted by Gasteiger charge is 2.35. The minimum Gasteiger partial charge on any atom is -0.497 e. The van der Waals surface area contributed by atoms with Gasteiger partial charge in [-0.1, -0.05) is 11.2 Å². The first-order chi connectivity index (χ1) is 16.4. The molecule has 4 rings (SSSR count). The summed E-state index contributed by atoms with van der Waals surface area (Å²) in [7, 11) is 3.06. The maximum absolute atomic E-state index is 13.3. The van der Waals surface area contributed by atoms with Gasteiger partial charge in [0.05, 0.1) is 26.5 Å². The monoisotopic (exact) mass is 464 g/mol. The number of carbonyl (C=O) groups is 2. The maximum atomic E-state index is 13.3. The Balaban J connectivity index is 1.57. The zero-order valence-electron chi connectivity index (χ0n) is 18.3. The minimum absolute atomic E-state index is 0.154. The smallest absolute Gasteiger partial charge is 0.323 e. The number of methoxy groups -OCH3 is 2. The molecule has 0 fully saturated rings. The highest BCUT2D eigenvalue weighted by molar-refractivity contribution is 6.54. The highest BCUT2D eigenvalue weighted by atomic mass is 19.1. The van der Waals surface area contributed by atoms with E-state index in [1.165, 1.54) is 43.4 Å². The number of ether oxygens (including phenoxy) is 2. The van der Waals surface area contributed by atoms with E-state index in [-0.39, 0.29) is 17.9 Å². The largest absolute Gasteiger partial charge is 0.497 e. The van der Waals surface area contributed by atoms with Gasteiger partial charge in [-0.3, -0.25) is 4.79 Å². The molecule has 0 aromatic heterocycles. The number of anilines is 3. The summed E-state index contributed by atoms with van der Waals surface area (Å²) in [5.41, 5.74) is 2.09. The molecule has 174 valence electrons. The molecule has 0 saturated heterocycles. The molecular formula is C24H21FN4O5. The number of benzene rings is 3. The Bertz CT molecular complexity index is 1270. The topological polar surface area (TPSA) is 112 Å². The number of carbonyl (C=O) groups excluding carboxylic acids is 2. The highest BCUT2D eigenvalue weighted by Crippen LogP contribution is 2.34. The van der Waals surface area contributed by atoms with Gasteiger partial charge in [0, 0.05) is 23.0 Å². The van der Waals surface area contributed by atoms with E-state index in [1.54, 1.807) is 36.4 Å². The van der Waals surface area contributed by atoms with Gasteiger partial charge in [-0.05, 0) is 54.1 Å². The molecule has 0 spiro atoms. The second kappa shape index (κ2) is 9.49. The third kappa shape index (κ3) is 4.60. The number of nitrogens with zero attached hydrogens (tertiary/aromatic N) is 2. The van der Waals surface area contributed by atoms with Gasteiger partial charge < -0.3 is 30.2 Å². The molecule has 0 atom stereocenters. The number of amides is 3. The number of halogens is 1. The van der Waals surface area contributed by atoms with E-state index in [0.29, 0.717) is 28.4 Å². The number of rotatable bonds is 6. The Morgan fingerprint density at radius 1 is 1.00 bits per heavy atom. The van der Waals surface area contributed by atoms with Gasteiger partial charge in [0.15, 0.2) is 5.71 Å². The van der Waals surface area contributed by atoms with E-state index in [0.717, 1.165) is 5.56 Å². The fourth-order valence-corrected chi connectivity index (χ4v) is 3.64. The Hall–Kier alpha value is -4.60. The average molecular weight is 464 g/mol. The van der Waals surface area contributed by atoms with Crippen molar-refractivity contribution in [1.82, 2.24) is 0 Å². The van der Waals surface area contributed by atoms with Gasteiger partial charge in [0.1, 0.15) is 17.3 Å². The fraction of sp³-hybridized carbons (Fsp3) is 0.125. The molecule has 3 amide bonds. The van der Waals surface area contributed by atoms with Crippen LogP contribution < -0.4 is 25.0 Å². The Morgan fingerprint density at radius 2 is 1.68 bits per heavy atom. The van der Waals surface area contributed by atoms with Crippen LogP contribution in [-0.4, -0.2) is 37.1 Å². The quantitative estimate of drug-likeness (QED) is 0.374. The van der Waals surface area contributed by atoms with Crippen LogP contribution in [0.3, 0.4) is 0 Å². The molecule has 3 aromatic carbocycles. The molecule has 0 radical (unpaired) electrons. The van der Waals surface area contributed by atoms with Gasteiger partial charge in [-0.25, -0.2) is 9.18 Å². The molecule has 0 unspecified atom stereocenters. The minimum atomic E-state index is -0.599. The van der Waals surface area contributed by atoms with Crippen LogP contribution in [0.1, 0.15) is 11.1 Å². The van der Waals surface area contributed by atoms with Gasteiger partial charge in [-0.15, -0.1) is 0 Å². The van der Waals surface area contributed by atoms with Gasteiger partial charge in [-0.2, -0.15) is 0 Å². The van der Waals surface area contributed by atoms with Crippen molar-refractivity contribution < 1.29 is 28.7 Å². The first kappa shape index (κ1) is 22.6. The number of hydrogen-bond donors (Lipinski definition) is 3. The molecule has 34 heavy (non-hydrogen) atoms. The van der Waals surface area contributed by atoms with E-state index in [1.807, 2.05) is 0 Å². The number of oxime groups is 1. The molecular weight excluding hydrogens is 443 g/mol. The van der Waals surface area contributed by atoms with E-state index in [9.17, 15) is 19.2 Å². The van der Waals surface area contributed by atoms with Crippen molar-refractivity contribution in [3.63, 3.8) is 0 Å². The normalized spacial score (nSPS) is 13.6. The number of nitrogens with one attached hydrogen (secondary N) is 2.